The van der Waals surface area contributed by atoms with Gasteiger partial charge in [0.25, 0.3) is 0 Å². The van der Waals surface area contributed by atoms with Crippen LogP contribution in [0.4, 0.5) is 13.2 Å². The Hall–Kier alpha value is -2.89. The summed E-state index contributed by atoms with van der Waals surface area (Å²) in [5.41, 5.74) is -0.00259. The summed E-state index contributed by atoms with van der Waals surface area (Å²) in [7, 11) is -3.51. The van der Waals surface area contributed by atoms with Gasteiger partial charge in [0.1, 0.15) is 6.33 Å². The highest BCUT2D eigenvalue weighted by Crippen LogP contribution is 2.33. The van der Waals surface area contributed by atoms with Gasteiger partial charge in [0, 0.05) is 23.7 Å². The monoisotopic (exact) mass is 501 g/mol. The highest BCUT2D eigenvalue weighted by molar-refractivity contribution is 7.90. The number of hydrogen-bond acceptors (Lipinski definition) is 5. The van der Waals surface area contributed by atoms with Gasteiger partial charge in [-0.15, -0.1) is 0 Å². The highest BCUT2D eigenvalue weighted by atomic mass is 35.5. The molecule has 0 aliphatic carbocycles. The van der Waals surface area contributed by atoms with Gasteiger partial charge in [-0.05, 0) is 30.3 Å². The maximum atomic E-state index is 13.4. The Morgan fingerprint density at radius 3 is 2.19 bits per heavy atom. The number of hydrogen-bond donors (Lipinski definition) is 0. The number of sulfone groups is 1. The minimum atomic E-state index is -4.69. The standard InChI is InChI=1S/C19H12Cl2F3N5O2S/c1-32(30,31)13-6-7-16(25-9-13)29-14(8-15(27-29)19(22,23)24)11-2-4-12(5-3-11)28-10-26-17(20)18(28)21/h2-10H,1H3. The maximum Gasteiger partial charge on any atom is 0.435 e. The summed E-state index contributed by atoms with van der Waals surface area (Å²) in [5.74, 6) is 0.0245. The third-order valence-corrected chi connectivity index (χ3v) is 6.31. The molecule has 3 heterocycles. The first-order valence-corrected chi connectivity index (χ1v) is 11.4. The molecule has 166 valence electrons. The van der Waals surface area contributed by atoms with Crippen LogP contribution in [0.5, 0.6) is 0 Å². The fourth-order valence-corrected chi connectivity index (χ4v) is 3.79. The lowest BCUT2D eigenvalue weighted by Crippen LogP contribution is -2.08. The average molecular weight is 502 g/mol. The zero-order valence-corrected chi connectivity index (χ0v) is 18.4. The fraction of sp³-hybridized carbons (Fsp3) is 0.105. The second kappa shape index (κ2) is 7.91. The van der Waals surface area contributed by atoms with E-state index in [1.165, 1.54) is 23.0 Å². The second-order valence-corrected chi connectivity index (χ2v) is 9.42. The van der Waals surface area contributed by atoms with Crippen molar-refractivity contribution in [2.75, 3.05) is 6.26 Å². The largest absolute Gasteiger partial charge is 0.435 e. The summed E-state index contributed by atoms with van der Waals surface area (Å²) in [6.07, 6.45) is -1.20. The van der Waals surface area contributed by atoms with Gasteiger partial charge >= 0.3 is 6.18 Å². The van der Waals surface area contributed by atoms with Crippen molar-refractivity contribution in [1.82, 2.24) is 24.3 Å². The van der Waals surface area contributed by atoms with Crippen molar-refractivity contribution in [2.45, 2.75) is 11.1 Å². The van der Waals surface area contributed by atoms with E-state index in [1.807, 2.05) is 0 Å². The van der Waals surface area contributed by atoms with Gasteiger partial charge in [0.2, 0.25) is 0 Å². The molecule has 3 aromatic heterocycles. The van der Waals surface area contributed by atoms with E-state index in [4.69, 9.17) is 23.2 Å². The molecule has 7 nitrogen and oxygen atoms in total. The first kappa shape index (κ1) is 22.3. The predicted octanol–water partition coefficient (Wildman–Crippen LogP) is 4.85. The lowest BCUT2D eigenvalue weighted by Gasteiger charge is -2.09. The number of benzene rings is 1. The van der Waals surface area contributed by atoms with Crippen LogP contribution in [0.2, 0.25) is 10.3 Å². The molecule has 0 radical (unpaired) electrons. The Labute approximate surface area is 190 Å². The van der Waals surface area contributed by atoms with Crippen molar-refractivity contribution in [3.8, 4) is 22.8 Å². The zero-order valence-electron chi connectivity index (χ0n) is 16.0. The lowest BCUT2D eigenvalue weighted by atomic mass is 10.1. The fourth-order valence-electron chi connectivity index (χ4n) is 2.90. The van der Waals surface area contributed by atoms with Crippen LogP contribution >= 0.6 is 23.2 Å². The first-order chi connectivity index (χ1) is 14.9. The molecule has 0 aliphatic heterocycles. The smallest absolute Gasteiger partial charge is 0.288 e. The van der Waals surface area contributed by atoms with Crippen LogP contribution in [0.25, 0.3) is 22.8 Å². The Kier molecular flexibility index (Phi) is 5.51. The molecule has 0 atom stereocenters. The molecule has 0 spiro atoms. The average Bonchev–Trinajstić information content (AvgIpc) is 3.32. The Morgan fingerprint density at radius 1 is 1.00 bits per heavy atom. The highest BCUT2D eigenvalue weighted by Gasteiger charge is 2.35. The molecule has 0 bridgehead atoms. The molecular formula is C19H12Cl2F3N5O2S. The third kappa shape index (κ3) is 4.23. The molecule has 1 aromatic carbocycles. The minimum absolute atomic E-state index is 0.0245. The van der Waals surface area contributed by atoms with E-state index in [0.29, 0.717) is 11.3 Å². The van der Waals surface area contributed by atoms with E-state index in [2.05, 4.69) is 15.1 Å². The van der Waals surface area contributed by atoms with Gasteiger partial charge in [0.05, 0.1) is 10.6 Å². The van der Waals surface area contributed by atoms with E-state index in [9.17, 15) is 21.6 Å². The number of halogens is 5. The number of nitrogens with zero attached hydrogens (tertiary/aromatic N) is 5. The van der Waals surface area contributed by atoms with E-state index in [1.54, 1.807) is 24.3 Å². The van der Waals surface area contributed by atoms with Crippen molar-refractivity contribution < 1.29 is 21.6 Å². The molecular weight excluding hydrogens is 490 g/mol. The maximum absolute atomic E-state index is 13.4. The molecule has 0 saturated heterocycles. The van der Waals surface area contributed by atoms with Gasteiger partial charge < -0.3 is 0 Å². The van der Waals surface area contributed by atoms with Crippen LogP contribution < -0.4 is 0 Å². The third-order valence-electron chi connectivity index (χ3n) is 4.48. The first-order valence-electron chi connectivity index (χ1n) is 8.78. The van der Waals surface area contributed by atoms with Crippen LogP contribution in [0.1, 0.15) is 5.69 Å². The molecule has 0 N–H and O–H groups in total. The van der Waals surface area contributed by atoms with Gasteiger partial charge in [-0.3, -0.25) is 4.57 Å². The number of alkyl halides is 3. The molecule has 0 fully saturated rings. The molecule has 0 aliphatic rings. The normalized spacial score (nSPS) is 12.3. The molecule has 13 heteroatoms. The van der Waals surface area contributed by atoms with Crippen molar-refractivity contribution in [3.63, 3.8) is 0 Å². The van der Waals surface area contributed by atoms with E-state index >= 15 is 0 Å². The summed E-state index contributed by atoms with van der Waals surface area (Å²) in [6, 6.07) is 9.85. The van der Waals surface area contributed by atoms with Crippen LogP contribution in [0.3, 0.4) is 0 Å². The number of pyridine rings is 1. The molecule has 0 amide bonds. The molecule has 0 unspecified atom stereocenters. The van der Waals surface area contributed by atoms with Crippen molar-refractivity contribution in [1.29, 1.82) is 0 Å². The van der Waals surface area contributed by atoms with E-state index in [0.717, 1.165) is 23.2 Å². The molecule has 0 saturated carbocycles. The van der Waals surface area contributed by atoms with Gasteiger partial charge in [-0.1, -0.05) is 35.3 Å². The van der Waals surface area contributed by atoms with Crippen LogP contribution in [-0.2, 0) is 16.0 Å². The Balaban J connectivity index is 1.80. The summed E-state index contributed by atoms with van der Waals surface area (Å²) in [4.78, 5) is 7.81. The number of rotatable bonds is 4. The van der Waals surface area contributed by atoms with Crippen LogP contribution in [0, 0.1) is 0 Å². The summed E-state index contributed by atoms with van der Waals surface area (Å²) in [5, 5.41) is 3.96. The van der Waals surface area contributed by atoms with Crippen molar-refractivity contribution >= 4 is 33.0 Å². The van der Waals surface area contributed by atoms with Gasteiger partial charge in [0.15, 0.2) is 31.7 Å². The quantitative estimate of drug-likeness (QED) is 0.399. The number of imidazole rings is 1. The predicted molar refractivity (Wildman–Crippen MR) is 112 cm³/mol. The molecule has 4 aromatic rings. The summed E-state index contributed by atoms with van der Waals surface area (Å²) < 4.78 is 65.9. The Morgan fingerprint density at radius 2 is 1.69 bits per heavy atom. The molecule has 32 heavy (non-hydrogen) atoms. The zero-order chi connectivity index (χ0) is 23.3. The SMILES string of the molecule is CS(=O)(=O)c1ccc(-n2nc(C(F)(F)F)cc2-c2ccc(-n3cnc(Cl)c3Cl)cc2)nc1. The number of aromatic nitrogens is 5. The van der Waals surface area contributed by atoms with Crippen molar-refractivity contribution in [3.05, 3.63) is 71.0 Å². The van der Waals surface area contributed by atoms with E-state index < -0.39 is 21.7 Å². The van der Waals surface area contributed by atoms with E-state index in [-0.39, 0.29) is 26.7 Å². The molecule has 4 rings (SSSR count). The second-order valence-electron chi connectivity index (χ2n) is 6.69. The van der Waals surface area contributed by atoms with Crippen molar-refractivity contribution in [2.24, 2.45) is 0 Å². The summed E-state index contributed by atoms with van der Waals surface area (Å²) in [6.45, 7) is 0. The van der Waals surface area contributed by atoms with Gasteiger partial charge in [-0.25, -0.2) is 23.1 Å². The minimum Gasteiger partial charge on any atom is -0.288 e. The lowest BCUT2D eigenvalue weighted by molar-refractivity contribution is -0.141. The Bertz CT molecular complexity index is 1400. The summed E-state index contributed by atoms with van der Waals surface area (Å²) >= 11 is 11.9. The van der Waals surface area contributed by atoms with Crippen LogP contribution in [0.15, 0.2) is 59.9 Å². The van der Waals surface area contributed by atoms with Crippen LogP contribution in [-0.4, -0.2) is 39.0 Å². The topological polar surface area (TPSA) is 82.7 Å². The van der Waals surface area contributed by atoms with Gasteiger partial charge in [-0.2, -0.15) is 18.3 Å².